The summed E-state index contributed by atoms with van der Waals surface area (Å²) in [5.74, 6) is -0.410. The van der Waals surface area contributed by atoms with Crippen LogP contribution in [0.25, 0.3) is 0 Å². The van der Waals surface area contributed by atoms with Crippen molar-refractivity contribution in [3.05, 3.63) is 70.0 Å². The number of likely N-dealkylation sites (N-methyl/N-ethyl adjacent to an activating group) is 1. The second kappa shape index (κ2) is 11.6. The van der Waals surface area contributed by atoms with E-state index < -0.39 is 47.9 Å². The lowest BCUT2D eigenvalue weighted by Gasteiger charge is -2.46. The van der Waals surface area contributed by atoms with Gasteiger partial charge in [0.05, 0.1) is 17.2 Å². The van der Waals surface area contributed by atoms with Gasteiger partial charge in [0.2, 0.25) is 0 Å². The summed E-state index contributed by atoms with van der Waals surface area (Å²) in [6.07, 6.45) is -8.71. The van der Waals surface area contributed by atoms with E-state index in [-0.39, 0.29) is 17.7 Å². The van der Waals surface area contributed by atoms with Crippen LogP contribution in [0, 0.1) is 12.7 Å². The Bertz CT molecular complexity index is 1180. The van der Waals surface area contributed by atoms with Crippen molar-refractivity contribution in [2.24, 2.45) is 0 Å². The van der Waals surface area contributed by atoms with Crippen LogP contribution in [0.3, 0.4) is 0 Å². The zero-order valence-corrected chi connectivity index (χ0v) is 22.6. The molecule has 2 aliphatic rings. The highest BCUT2D eigenvalue weighted by Gasteiger charge is 2.39. The monoisotopic (exact) mass is 574 g/mol. The first-order valence-electron chi connectivity index (χ1n) is 13.1. The lowest BCUT2D eigenvalue weighted by Crippen LogP contribution is -2.55. The van der Waals surface area contributed by atoms with Crippen LogP contribution >= 0.6 is 0 Å². The largest absolute Gasteiger partial charge is 0.416 e. The Morgan fingerprint density at radius 2 is 1.52 bits per heavy atom. The first-order valence-corrected chi connectivity index (χ1v) is 13.1. The van der Waals surface area contributed by atoms with E-state index in [0.717, 1.165) is 36.6 Å². The first-order chi connectivity index (χ1) is 18.6. The highest BCUT2D eigenvalue weighted by atomic mass is 19.4. The molecule has 4 rings (SSSR count). The van der Waals surface area contributed by atoms with Gasteiger partial charge in [-0.05, 0) is 73.8 Å². The van der Waals surface area contributed by atoms with Gasteiger partial charge in [0.25, 0.3) is 0 Å². The van der Waals surface area contributed by atoms with Crippen molar-refractivity contribution in [1.29, 1.82) is 0 Å². The summed E-state index contributed by atoms with van der Waals surface area (Å²) in [5, 5.41) is 0. The topological polar surface area (TPSA) is 30.0 Å². The fourth-order valence-corrected chi connectivity index (χ4v) is 5.67. The van der Waals surface area contributed by atoms with Crippen molar-refractivity contribution in [1.82, 2.24) is 19.6 Å². The Morgan fingerprint density at radius 1 is 0.925 bits per heavy atom. The normalized spacial score (nSPS) is 21.5. The molecule has 2 fully saturated rings. The van der Waals surface area contributed by atoms with Gasteiger partial charge in [-0.2, -0.15) is 26.3 Å². The summed E-state index contributed by atoms with van der Waals surface area (Å²) in [5.41, 5.74) is -1.70. The second-order valence-corrected chi connectivity index (χ2v) is 10.8. The maximum Gasteiger partial charge on any atom is 0.416 e. The summed E-state index contributed by atoms with van der Waals surface area (Å²) >= 11 is 0. The molecule has 2 atom stereocenters. The van der Waals surface area contributed by atoms with Gasteiger partial charge >= 0.3 is 18.4 Å². The average molecular weight is 575 g/mol. The van der Waals surface area contributed by atoms with E-state index in [1.807, 2.05) is 0 Å². The zero-order chi connectivity index (χ0) is 29.4. The van der Waals surface area contributed by atoms with E-state index in [0.29, 0.717) is 37.1 Å². The summed E-state index contributed by atoms with van der Waals surface area (Å²) in [7, 11) is 3.41. The minimum absolute atomic E-state index is 0.0712. The highest BCUT2D eigenvalue weighted by molar-refractivity contribution is 5.75. The van der Waals surface area contributed by atoms with E-state index in [9.17, 15) is 35.5 Å². The first kappa shape index (κ1) is 30.1. The van der Waals surface area contributed by atoms with Crippen LogP contribution in [-0.2, 0) is 18.9 Å². The van der Waals surface area contributed by atoms with Crippen molar-refractivity contribution < 1.29 is 35.5 Å². The van der Waals surface area contributed by atoms with E-state index in [4.69, 9.17) is 0 Å². The third-order valence-electron chi connectivity index (χ3n) is 7.86. The molecule has 5 nitrogen and oxygen atoms in total. The van der Waals surface area contributed by atoms with Crippen LogP contribution < -0.4 is 0 Å². The van der Waals surface area contributed by atoms with Gasteiger partial charge in [0, 0.05) is 52.4 Å². The van der Waals surface area contributed by atoms with Crippen LogP contribution in [0.2, 0.25) is 0 Å². The van der Waals surface area contributed by atoms with E-state index >= 15 is 0 Å². The van der Waals surface area contributed by atoms with Crippen molar-refractivity contribution >= 4 is 6.03 Å². The molecule has 0 spiro atoms. The minimum Gasteiger partial charge on any atom is -0.323 e. The van der Waals surface area contributed by atoms with Crippen molar-refractivity contribution in [2.45, 2.75) is 50.7 Å². The van der Waals surface area contributed by atoms with Crippen LogP contribution in [0.15, 0.2) is 36.4 Å². The van der Waals surface area contributed by atoms with Gasteiger partial charge in [-0.1, -0.05) is 6.07 Å². The quantitative estimate of drug-likeness (QED) is 0.409. The van der Waals surface area contributed by atoms with Crippen molar-refractivity contribution in [3.63, 3.8) is 0 Å². The van der Waals surface area contributed by atoms with Gasteiger partial charge in [0.1, 0.15) is 5.82 Å². The number of piperazine rings is 1. The van der Waals surface area contributed by atoms with E-state index in [1.165, 1.54) is 19.2 Å². The molecule has 0 bridgehead atoms. The SMILES string of the molecule is Cc1cc(F)ccc1[C@H]1C[C@H](N2CCN(C)CC2)CCN1C(=O)N(C)Cc1cc(C(F)(F)F)cc(C(F)(F)F)c1. The number of benzene rings is 2. The summed E-state index contributed by atoms with van der Waals surface area (Å²) in [6.45, 7) is 5.24. The Kier molecular flexibility index (Phi) is 8.70. The number of urea groups is 1. The maximum atomic E-state index is 13.9. The summed E-state index contributed by atoms with van der Waals surface area (Å²) in [6, 6.07) is 4.94. The average Bonchev–Trinajstić information content (AvgIpc) is 2.87. The van der Waals surface area contributed by atoms with Crippen LogP contribution in [-0.4, -0.2) is 78.5 Å². The number of rotatable bonds is 4. The van der Waals surface area contributed by atoms with Crippen molar-refractivity contribution in [2.75, 3.05) is 46.8 Å². The molecule has 0 N–H and O–H groups in total. The molecule has 0 unspecified atom stereocenters. The number of halogens is 7. The van der Waals surface area contributed by atoms with Crippen LogP contribution in [0.5, 0.6) is 0 Å². The van der Waals surface area contributed by atoms with E-state index in [1.54, 1.807) is 17.9 Å². The van der Waals surface area contributed by atoms with Crippen LogP contribution in [0.4, 0.5) is 35.5 Å². The predicted octanol–water partition coefficient (Wildman–Crippen LogP) is 6.18. The number of nitrogens with zero attached hydrogens (tertiary/aromatic N) is 4. The Labute approximate surface area is 229 Å². The number of amides is 2. The molecule has 220 valence electrons. The lowest BCUT2D eigenvalue weighted by molar-refractivity contribution is -0.143. The lowest BCUT2D eigenvalue weighted by atomic mass is 9.88. The number of carbonyl (C=O) groups is 1. The molecule has 0 radical (unpaired) electrons. The second-order valence-electron chi connectivity index (χ2n) is 10.8. The minimum atomic E-state index is -4.98. The number of piperidine rings is 1. The molecule has 2 aromatic rings. The number of hydrogen-bond donors (Lipinski definition) is 0. The van der Waals surface area contributed by atoms with Gasteiger partial charge in [0.15, 0.2) is 0 Å². The number of hydrogen-bond acceptors (Lipinski definition) is 3. The van der Waals surface area contributed by atoms with Gasteiger partial charge < -0.3 is 14.7 Å². The molecule has 2 heterocycles. The molecule has 2 saturated heterocycles. The van der Waals surface area contributed by atoms with Gasteiger partial charge in [-0.15, -0.1) is 0 Å². The third-order valence-corrected chi connectivity index (χ3v) is 7.86. The summed E-state index contributed by atoms with van der Waals surface area (Å²) in [4.78, 5) is 21.0. The Hall–Kier alpha value is -2.86. The Balaban J connectivity index is 1.59. The molecule has 12 heteroatoms. The van der Waals surface area contributed by atoms with Crippen LogP contribution in [0.1, 0.15) is 46.7 Å². The van der Waals surface area contributed by atoms with E-state index in [2.05, 4.69) is 16.8 Å². The molecule has 2 amide bonds. The molecule has 2 aliphatic heterocycles. The molecule has 0 aromatic heterocycles. The number of likely N-dealkylation sites (tertiary alicyclic amines) is 1. The third kappa shape index (κ3) is 6.88. The fraction of sp³-hybridized carbons (Fsp3) is 0.536. The smallest absolute Gasteiger partial charge is 0.323 e. The number of carbonyl (C=O) groups excluding carboxylic acids is 1. The summed E-state index contributed by atoms with van der Waals surface area (Å²) < 4.78 is 94.0. The highest BCUT2D eigenvalue weighted by Crippen LogP contribution is 2.38. The molecule has 0 aliphatic carbocycles. The maximum absolute atomic E-state index is 13.9. The number of aryl methyl sites for hydroxylation is 1. The van der Waals surface area contributed by atoms with Crippen molar-refractivity contribution in [3.8, 4) is 0 Å². The molecule has 40 heavy (non-hydrogen) atoms. The Morgan fingerprint density at radius 3 is 2.08 bits per heavy atom. The predicted molar refractivity (Wildman–Crippen MR) is 136 cm³/mol. The molecular weight excluding hydrogens is 541 g/mol. The molecule has 0 saturated carbocycles. The number of alkyl halides is 6. The van der Waals surface area contributed by atoms with Gasteiger partial charge in [-0.25, -0.2) is 9.18 Å². The standard InChI is InChI=1S/C28H33F7N4O/c1-18-12-22(29)4-5-24(18)25-16-23(38-10-8-36(2)9-11-38)6-7-39(25)26(40)37(3)17-19-13-20(27(30,31)32)15-21(14-19)28(33,34)35/h4-5,12-15,23,25H,6-11,16-17H2,1-3H3/t23-,25-/m1/s1. The fourth-order valence-electron chi connectivity index (χ4n) is 5.67. The molecule has 2 aromatic carbocycles. The molecular formula is C28H33F7N4O. The van der Waals surface area contributed by atoms with Gasteiger partial charge in [-0.3, -0.25) is 4.90 Å². The zero-order valence-electron chi connectivity index (χ0n) is 22.6.